The van der Waals surface area contributed by atoms with E-state index < -0.39 is 4.92 Å². The van der Waals surface area contributed by atoms with Gasteiger partial charge in [-0.05, 0) is 71.4 Å². The lowest BCUT2D eigenvalue weighted by atomic mass is 9.78. The Morgan fingerprint density at radius 3 is 2.45 bits per heavy atom. The molecule has 5 nitrogen and oxygen atoms in total. The van der Waals surface area contributed by atoms with Crippen molar-refractivity contribution in [2.75, 3.05) is 0 Å². The number of nitrogens with zero attached hydrogens (tertiary/aromatic N) is 3. The van der Waals surface area contributed by atoms with Crippen LogP contribution in [0.2, 0.25) is 0 Å². The molecule has 2 aliphatic heterocycles. The Bertz CT molecular complexity index is 1560. The topological polar surface area (TPSA) is 58.7 Å². The Balaban J connectivity index is 1.50. The van der Waals surface area contributed by atoms with Crippen LogP contribution in [-0.4, -0.2) is 15.0 Å². The van der Waals surface area contributed by atoms with Crippen molar-refractivity contribution in [3.05, 3.63) is 133 Å². The molecular weight excluding hydrogens is 504 g/mol. The van der Waals surface area contributed by atoms with Gasteiger partial charge < -0.3 is 4.90 Å². The molecule has 190 valence electrons. The number of nitro benzene ring substituents is 1. The van der Waals surface area contributed by atoms with Crippen molar-refractivity contribution in [3.8, 4) is 0 Å². The van der Waals surface area contributed by atoms with Gasteiger partial charge in [-0.2, -0.15) is 0 Å². The second-order valence-corrected chi connectivity index (χ2v) is 10.6. The van der Waals surface area contributed by atoms with Gasteiger partial charge >= 0.3 is 0 Å². The molecule has 0 unspecified atom stereocenters. The van der Waals surface area contributed by atoms with E-state index in [4.69, 9.17) is 4.99 Å². The zero-order chi connectivity index (χ0) is 26.4. The predicted octanol–water partition coefficient (Wildman–Crippen LogP) is 8.10. The lowest BCUT2D eigenvalue weighted by Crippen LogP contribution is -2.35. The highest BCUT2D eigenvalue weighted by Crippen LogP contribution is 2.52. The Hall–Kier alpha value is -4.04. The van der Waals surface area contributed by atoms with Crippen LogP contribution in [0.5, 0.6) is 0 Å². The zero-order valence-corrected chi connectivity index (χ0v) is 21.3. The summed E-state index contributed by atoms with van der Waals surface area (Å²) >= 11 is 1.47. The number of nitro groups is 1. The van der Waals surface area contributed by atoms with E-state index in [0.717, 1.165) is 57.2 Å². The van der Waals surface area contributed by atoms with Gasteiger partial charge in [0.15, 0.2) is 5.17 Å². The first-order valence-corrected chi connectivity index (χ1v) is 13.2. The van der Waals surface area contributed by atoms with Crippen LogP contribution in [0.15, 0.2) is 100 Å². The van der Waals surface area contributed by atoms with Crippen LogP contribution < -0.4 is 0 Å². The molecule has 0 spiro atoms. The minimum atomic E-state index is -0.398. The van der Waals surface area contributed by atoms with E-state index in [0.29, 0.717) is 5.92 Å². The fourth-order valence-electron chi connectivity index (χ4n) is 5.38. The van der Waals surface area contributed by atoms with E-state index in [-0.39, 0.29) is 23.4 Å². The monoisotopic (exact) mass is 527 g/mol. The van der Waals surface area contributed by atoms with Gasteiger partial charge in [-0.25, -0.2) is 13.8 Å². The lowest BCUT2D eigenvalue weighted by molar-refractivity contribution is -0.384. The standard InChI is InChI=1S/C30H23F2N3O2S/c1-18-13-22(15-19-5-9-23(31)10-6-19)28-26(14-18)29(20-7-11-24(32)12-8-20)34-27(17-38-30(34)33-28)21-3-2-4-25(16-21)35(36)37/h2-12,15-18,29H,13-14H2,1H3/b22-15+/t18-,29-/m0/s1. The molecule has 0 N–H and O–H groups in total. The molecule has 3 aliphatic rings. The van der Waals surface area contributed by atoms with Gasteiger partial charge in [-0.15, -0.1) is 0 Å². The first kappa shape index (κ1) is 24.3. The summed E-state index contributed by atoms with van der Waals surface area (Å²) in [7, 11) is 0. The number of aliphatic imine (C=N–C) groups is 1. The summed E-state index contributed by atoms with van der Waals surface area (Å²) in [5.74, 6) is -0.261. The molecule has 3 aromatic rings. The molecule has 2 atom stereocenters. The predicted molar refractivity (Wildman–Crippen MR) is 147 cm³/mol. The molecule has 0 radical (unpaired) electrons. The van der Waals surface area contributed by atoms with Gasteiger partial charge in [0.2, 0.25) is 0 Å². The van der Waals surface area contributed by atoms with Crippen LogP contribution in [0.25, 0.3) is 11.8 Å². The average Bonchev–Trinajstić information content (AvgIpc) is 3.33. The molecule has 0 saturated carbocycles. The van der Waals surface area contributed by atoms with Crippen molar-refractivity contribution < 1.29 is 13.7 Å². The van der Waals surface area contributed by atoms with Crippen molar-refractivity contribution in [1.82, 2.24) is 4.90 Å². The number of fused-ring (bicyclic) bond motifs is 1. The zero-order valence-electron chi connectivity index (χ0n) is 20.5. The van der Waals surface area contributed by atoms with E-state index in [9.17, 15) is 18.9 Å². The fourth-order valence-corrected chi connectivity index (χ4v) is 6.31. The maximum Gasteiger partial charge on any atom is 0.270 e. The Morgan fingerprint density at radius 2 is 1.74 bits per heavy atom. The molecule has 2 heterocycles. The number of thioether (sulfide) groups is 1. The van der Waals surface area contributed by atoms with E-state index in [2.05, 4.69) is 17.9 Å². The number of allylic oxidation sites excluding steroid dienone is 1. The number of hydrogen-bond acceptors (Lipinski definition) is 5. The smallest absolute Gasteiger partial charge is 0.270 e. The number of non-ortho nitro benzene ring substituents is 1. The molecule has 8 heteroatoms. The molecule has 0 bridgehead atoms. The molecule has 0 amide bonds. The average molecular weight is 528 g/mol. The highest BCUT2D eigenvalue weighted by Gasteiger charge is 2.41. The molecular formula is C30H23F2N3O2S. The van der Waals surface area contributed by atoms with Gasteiger partial charge in [0.25, 0.3) is 5.69 Å². The number of hydrogen-bond donors (Lipinski definition) is 0. The molecule has 3 aromatic carbocycles. The van der Waals surface area contributed by atoms with Gasteiger partial charge in [0.05, 0.1) is 22.4 Å². The third-order valence-corrected chi connectivity index (χ3v) is 7.87. The largest absolute Gasteiger partial charge is 0.308 e. The molecule has 6 rings (SSSR count). The normalized spacial score (nSPS) is 21.7. The summed E-state index contributed by atoms with van der Waals surface area (Å²) in [4.78, 5) is 18.3. The quantitative estimate of drug-likeness (QED) is 0.254. The Morgan fingerprint density at radius 1 is 1.03 bits per heavy atom. The van der Waals surface area contributed by atoms with Gasteiger partial charge in [0.1, 0.15) is 11.6 Å². The van der Waals surface area contributed by atoms with Crippen LogP contribution in [-0.2, 0) is 0 Å². The second-order valence-electron chi connectivity index (χ2n) is 9.76. The van der Waals surface area contributed by atoms with Crippen molar-refractivity contribution in [2.24, 2.45) is 10.9 Å². The SMILES string of the molecule is C[C@@H]1CC2=C(N=C3SC=C(c4cccc([N+](=O)[O-])c4)N3[C@H]2c2ccc(F)cc2)/C(=C/c2ccc(F)cc2)C1. The van der Waals surface area contributed by atoms with Crippen LogP contribution in [0.1, 0.15) is 42.5 Å². The highest BCUT2D eigenvalue weighted by atomic mass is 32.2. The summed E-state index contributed by atoms with van der Waals surface area (Å²) in [5.41, 5.74) is 6.48. The fraction of sp³-hybridized carbons (Fsp3) is 0.167. The lowest BCUT2D eigenvalue weighted by Gasteiger charge is -2.41. The van der Waals surface area contributed by atoms with Crippen molar-refractivity contribution in [2.45, 2.75) is 25.8 Å². The van der Waals surface area contributed by atoms with Crippen LogP contribution in [0.3, 0.4) is 0 Å². The Labute approximate surface area is 223 Å². The first-order chi connectivity index (χ1) is 18.4. The first-order valence-electron chi connectivity index (χ1n) is 12.3. The molecule has 0 aromatic heterocycles. The Kier molecular flexibility index (Phi) is 6.19. The molecule has 0 fully saturated rings. The van der Waals surface area contributed by atoms with Gasteiger partial charge in [0, 0.05) is 23.1 Å². The number of rotatable bonds is 4. The van der Waals surface area contributed by atoms with Gasteiger partial charge in [-0.3, -0.25) is 10.1 Å². The van der Waals surface area contributed by atoms with Crippen molar-refractivity contribution in [1.29, 1.82) is 0 Å². The second kappa shape index (κ2) is 9.68. The summed E-state index contributed by atoms with van der Waals surface area (Å²) in [6, 6.07) is 19.3. The van der Waals surface area contributed by atoms with Crippen molar-refractivity contribution >= 4 is 34.4 Å². The minimum absolute atomic E-state index is 0.0184. The number of halogens is 2. The maximum absolute atomic E-state index is 13.9. The highest BCUT2D eigenvalue weighted by molar-refractivity contribution is 8.16. The summed E-state index contributed by atoms with van der Waals surface area (Å²) in [6.45, 7) is 2.19. The van der Waals surface area contributed by atoms with Crippen LogP contribution in [0.4, 0.5) is 14.5 Å². The van der Waals surface area contributed by atoms with E-state index >= 15 is 0 Å². The van der Waals surface area contributed by atoms with E-state index in [1.807, 2.05) is 11.5 Å². The third kappa shape index (κ3) is 4.45. The number of benzene rings is 3. The molecule has 38 heavy (non-hydrogen) atoms. The van der Waals surface area contributed by atoms with E-state index in [1.54, 1.807) is 36.4 Å². The summed E-state index contributed by atoms with van der Waals surface area (Å²) in [5, 5.41) is 14.2. The summed E-state index contributed by atoms with van der Waals surface area (Å²) in [6.07, 6.45) is 3.71. The van der Waals surface area contributed by atoms with Crippen molar-refractivity contribution in [3.63, 3.8) is 0 Å². The van der Waals surface area contributed by atoms with E-state index in [1.165, 1.54) is 42.1 Å². The van der Waals surface area contributed by atoms with Crippen LogP contribution in [0, 0.1) is 27.7 Å². The van der Waals surface area contributed by atoms with Crippen LogP contribution >= 0.6 is 11.8 Å². The molecule has 1 aliphatic carbocycles. The minimum Gasteiger partial charge on any atom is -0.308 e. The maximum atomic E-state index is 13.9. The molecule has 0 saturated heterocycles. The third-order valence-electron chi connectivity index (χ3n) is 7.03. The summed E-state index contributed by atoms with van der Waals surface area (Å²) < 4.78 is 27.5. The number of amidine groups is 1. The van der Waals surface area contributed by atoms with Gasteiger partial charge in [-0.1, -0.05) is 55.1 Å².